The van der Waals surface area contributed by atoms with E-state index < -0.39 is 11.9 Å². The van der Waals surface area contributed by atoms with Gasteiger partial charge in [0, 0.05) is 12.6 Å². The van der Waals surface area contributed by atoms with Crippen LogP contribution in [0.3, 0.4) is 0 Å². The van der Waals surface area contributed by atoms with Crippen molar-refractivity contribution >= 4 is 11.6 Å². The maximum absolute atomic E-state index is 10.6. The Labute approximate surface area is 87.6 Å². The third kappa shape index (κ3) is 3.43. The van der Waals surface area contributed by atoms with E-state index in [1.165, 1.54) is 0 Å². The maximum Gasteiger partial charge on any atom is 0.236 e. The Morgan fingerprint density at radius 2 is 2.40 bits per heavy atom. The Morgan fingerprint density at radius 1 is 1.67 bits per heavy atom. The van der Waals surface area contributed by atoms with Gasteiger partial charge in [-0.25, -0.2) is 4.98 Å². The maximum atomic E-state index is 10.6. The van der Waals surface area contributed by atoms with Gasteiger partial charge >= 0.3 is 0 Å². The first-order valence-electron chi connectivity index (χ1n) is 4.42. The summed E-state index contributed by atoms with van der Waals surface area (Å²) in [6.07, 6.45) is 1.59. The third-order valence-corrected chi connectivity index (χ3v) is 1.84. The highest BCUT2D eigenvalue weighted by Gasteiger charge is 2.07. The van der Waals surface area contributed by atoms with Crippen molar-refractivity contribution in [3.8, 4) is 5.88 Å². The second kappa shape index (κ2) is 5.16. The summed E-state index contributed by atoms with van der Waals surface area (Å²) in [6.45, 7) is 0.281. The molecular weight excluding hydrogens is 196 g/mol. The lowest BCUT2D eigenvalue weighted by Crippen LogP contribution is -2.41. The molecule has 0 fully saturated rings. The van der Waals surface area contributed by atoms with E-state index in [4.69, 9.17) is 16.2 Å². The zero-order valence-corrected chi connectivity index (χ0v) is 8.43. The summed E-state index contributed by atoms with van der Waals surface area (Å²) >= 11 is 0. The lowest BCUT2D eigenvalue weighted by Gasteiger charge is -2.10. The van der Waals surface area contributed by atoms with E-state index in [1.54, 1.807) is 25.4 Å². The predicted molar refractivity (Wildman–Crippen MR) is 56.4 cm³/mol. The van der Waals surface area contributed by atoms with Gasteiger partial charge in [0.25, 0.3) is 0 Å². The Hall–Kier alpha value is -1.82. The second-order valence-electron chi connectivity index (χ2n) is 2.98. The number of pyridine rings is 1. The van der Waals surface area contributed by atoms with Gasteiger partial charge in [0.15, 0.2) is 0 Å². The van der Waals surface area contributed by atoms with Gasteiger partial charge in [-0.2, -0.15) is 0 Å². The molecule has 15 heavy (non-hydrogen) atoms. The summed E-state index contributed by atoms with van der Waals surface area (Å²) < 4.78 is 4.90. The summed E-state index contributed by atoms with van der Waals surface area (Å²) in [6, 6.07) is 2.78. The average Bonchev–Trinajstić information content (AvgIpc) is 2.26. The zero-order chi connectivity index (χ0) is 11.3. The molecule has 1 aromatic rings. The van der Waals surface area contributed by atoms with Crippen LogP contribution in [0.5, 0.6) is 5.88 Å². The van der Waals surface area contributed by atoms with Gasteiger partial charge in [-0.3, -0.25) is 4.79 Å². The number of amides is 1. The summed E-state index contributed by atoms with van der Waals surface area (Å²) in [5, 5.41) is 2.93. The van der Waals surface area contributed by atoms with E-state index in [-0.39, 0.29) is 6.54 Å². The number of nitrogens with zero attached hydrogens (tertiary/aromatic N) is 1. The van der Waals surface area contributed by atoms with Crippen molar-refractivity contribution in [3.63, 3.8) is 0 Å². The molecule has 1 aromatic heterocycles. The molecular formula is C9H14N4O2. The lowest BCUT2D eigenvalue weighted by molar-refractivity contribution is -0.118. The number of nitrogens with two attached hydrogens (primary N) is 2. The number of ether oxygens (including phenoxy) is 1. The highest BCUT2D eigenvalue weighted by molar-refractivity contribution is 5.80. The minimum absolute atomic E-state index is 0.281. The van der Waals surface area contributed by atoms with Gasteiger partial charge in [-0.05, 0) is 6.07 Å². The fraction of sp³-hybridized carbons (Fsp3) is 0.333. The van der Waals surface area contributed by atoms with Crippen LogP contribution >= 0.6 is 0 Å². The topological polar surface area (TPSA) is 103 Å². The highest BCUT2D eigenvalue weighted by atomic mass is 16.5. The molecule has 1 amide bonds. The van der Waals surface area contributed by atoms with E-state index >= 15 is 0 Å². The number of primary amides is 1. The van der Waals surface area contributed by atoms with E-state index in [0.717, 1.165) is 5.69 Å². The van der Waals surface area contributed by atoms with Crippen LogP contribution in [0.15, 0.2) is 18.3 Å². The lowest BCUT2D eigenvalue weighted by atomic mass is 10.3. The number of rotatable bonds is 5. The molecule has 0 radical (unpaired) electrons. The average molecular weight is 210 g/mol. The molecule has 1 heterocycles. The van der Waals surface area contributed by atoms with E-state index in [1.807, 2.05) is 0 Å². The molecule has 1 atom stereocenters. The fourth-order valence-corrected chi connectivity index (χ4v) is 0.934. The molecule has 0 aliphatic heterocycles. The van der Waals surface area contributed by atoms with Crippen molar-refractivity contribution in [3.05, 3.63) is 18.3 Å². The van der Waals surface area contributed by atoms with Crippen LogP contribution in [0.1, 0.15) is 0 Å². The van der Waals surface area contributed by atoms with Gasteiger partial charge in [-0.1, -0.05) is 0 Å². The van der Waals surface area contributed by atoms with Crippen LogP contribution in [0, 0.1) is 0 Å². The van der Waals surface area contributed by atoms with Crippen molar-refractivity contribution in [2.75, 3.05) is 19.0 Å². The molecule has 0 bridgehead atoms. The molecule has 6 heteroatoms. The van der Waals surface area contributed by atoms with Gasteiger partial charge in [0.05, 0.1) is 19.0 Å². The molecule has 0 aliphatic carbocycles. The second-order valence-corrected chi connectivity index (χ2v) is 2.98. The minimum Gasteiger partial charge on any atom is -0.481 e. The number of aromatic nitrogens is 1. The number of carbonyl (C=O) groups is 1. The Kier molecular flexibility index (Phi) is 3.87. The predicted octanol–water partition coefficient (Wildman–Crippen LogP) is -0.685. The van der Waals surface area contributed by atoms with Crippen LogP contribution in [-0.2, 0) is 4.79 Å². The molecule has 0 aliphatic rings. The van der Waals surface area contributed by atoms with Crippen molar-refractivity contribution < 1.29 is 9.53 Å². The molecule has 0 saturated carbocycles. The van der Waals surface area contributed by atoms with Gasteiger partial charge in [-0.15, -0.1) is 0 Å². The number of nitrogens with one attached hydrogen (secondary N) is 1. The minimum atomic E-state index is -0.702. The Morgan fingerprint density at radius 3 is 2.87 bits per heavy atom. The number of anilines is 1. The van der Waals surface area contributed by atoms with Crippen LogP contribution in [-0.4, -0.2) is 30.6 Å². The third-order valence-electron chi connectivity index (χ3n) is 1.84. The van der Waals surface area contributed by atoms with E-state index in [0.29, 0.717) is 5.88 Å². The van der Waals surface area contributed by atoms with Crippen LogP contribution in [0.2, 0.25) is 0 Å². The van der Waals surface area contributed by atoms with Gasteiger partial charge in [0.1, 0.15) is 6.04 Å². The largest absolute Gasteiger partial charge is 0.481 e. The zero-order valence-electron chi connectivity index (χ0n) is 8.43. The molecule has 0 aromatic carbocycles. The fourth-order valence-electron chi connectivity index (χ4n) is 0.934. The summed E-state index contributed by atoms with van der Waals surface area (Å²) in [5.41, 5.74) is 11.2. The summed E-state index contributed by atoms with van der Waals surface area (Å²) in [7, 11) is 1.54. The summed E-state index contributed by atoms with van der Waals surface area (Å²) in [5.74, 6) is -0.0104. The van der Waals surface area contributed by atoms with Crippen LogP contribution in [0.25, 0.3) is 0 Å². The SMILES string of the molecule is COc1ccc(NCC(N)C(N)=O)cn1. The molecule has 5 N–H and O–H groups in total. The Bertz CT molecular complexity index is 325. The standard InChI is InChI=1S/C9H14N4O2/c1-15-8-3-2-6(4-13-8)12-5-7(10)9(11)14/h2-4,7,12H,5,10H2,1H3,(H2,11,14). The molecule has 1 unspecified atom stereocenters. The normalized spacial score (nSPS) is 11.9. The van der Waals surface area contributed by atoms with Gasteiger partial charge < -0.3 is 21.5 Å². The molecule has 1 rings (SSSR count). The molecule has 6 nitrogen and oxygen atoms in total. The molecule has 0 spiro atoms. The number of carbonyl (C=O) groups excluding carboxylic acids is 1. The quantitative estimate of drug-likeness (QED) is 0.597. The first-order valence-corrected chi connectivity index (χ1v) is 4.42. The first kappa shape index (κ1) is 11.3. The van der Waals surface area contributed by atoms with Crippen molar-refractivity contribution in [1.82, 2.24) is 4.98 Å². The monoisotopic (exact) mass is 210 g/mol. The molecule has 82 valence electrons. The van der Waals surface area contributed by atoms with Crippen molar-refractivity contribution in [2.45, 2.75) is 6.04 Å². The van der Waals surface area contributed by atoms with Gasteiger partial charge in [0.2, 0.25) is 11.8 Å². The highest BCUT2D eigenvalue weighted by Crippen LogP contribution is 2.10. The Balaban J connectivity index is 2.47. The molecule has 0 saturated heterocycles. The number of methoxy groups -OCH3 is 1. The van der Waals surface area contributed by atoms with Crippen molar-refractivity contribution in [1.29, 1.82) is 0 Å². The number of hydrogen-bond acceptors (Lipinski definition) is 5. The summed E-state index contributed by atoms with van der Waals surface area (Å²) in [4.78, 5) is 14.6. The van der Waals surface area contributed by atoms with Crippen molar-refractivity contribution in [2.24, 2.45) is 11.5 Å². The van der Waals surface area contributed by atoms with E-state index in [2.05, 4.69) is 10.3 Å². The smallest absolute Gasteiger partial charge is 0.236 e. The van der Waals surface area contributed by atoms with Crippen LogP contribution in [0.4, 0.5) is 5.69 Å². The number of hydrogen-bond donors (Lipinski definition) is 3. The van der Waals surface area contributed by atoms with Crippen LogP contribution < -0.4 is 21.5 Å². The first-order chi connectivity index (χ1) is 7.13. The van der Waals surface area contributed by atoms with E-state index in [9.17, 15) is 4.79 Å².